The summed E-state index contributed by atoms with van der Waals surface area (Å²) >= 11 is 3.46. The zero-order valence-electron chi connectivity index (χ0n) is 15.2. The van der Waals surface area contributed by atoms with E-state index in [1.807, 2.05) is 37.3 Å². The number of aromatic nitrogens is 1. The normalized spacial score (nSPS) is 19.3. The number of ether oxygens (including phenoxy) is 1. The summed E-state index contributed by atoms with van der Waals surface area (Å²) in [5, 5.41) is 7.77. The van der Waals surface area contributed by atoms with Crippen molar-refractivity contribution in [2.24, 2.45) is 0 Å². The van der Waals surface area contributed by atoms with E-state index < -0.39 is 0 Å². The zero-order chi connectivity index (χ0) is 18.8. The zero-order valence-corrected chi connectivity index (χ0v) is 16.8. The van der Waals surface area contributed by atoms with E-state index in [0.29, 0.717) is 5.25 Å². The maximum Gasteiger partial charge on any atom is 0.241 e. The number of amides is 1. The van der Waals surface area contributed by atoms with E-state index in [9.17, 15) is 4.79 Å². The second kappa shape index (κ2) is 7.88. The van der Waals surface area contributed by atoms with Gasteiger partial charge in [-0.2, -0.15) is 0 Å². The second-order valence-corrected chi connectivity index (χ2v) is 9.13. The van der Waals surface area contributed by atoms with Gasteiger partial charge in [-0.15, -0.1) is 23.1 Å². The fourth-order valence-electron chi connectivity index (χ4n) is 3.19. The number of hydrogen-bond donors (Lipinski definition) is 2. The van der Waals surface area contributed by atoms with Gasteiger partial charge in [0.2, 0.25) is 5.91 Å². The molecule has 7 heteroatoms. The van der Waals surface area contributed by atoms with Crippen LogP contribution in [0.5, 0.6) is 5.75 Å². The summed E-state index contributed by atoms with van der Waals surface area (Å²) in [5.41, 5.74) is 1.73. The Bertz CT molecular complexity index is 956. The third-order valence-electron chi connectivity index (χ3n) is 4.53. The fourth-order valence-corrected chi connectivity index (χ4v) is 5.14. The van der Waals surface area contributed by atoms with Crippen molar-refractivity contribution >= 4 is 44.9 Å². The van der Waals surface area contributed by atoms with Gasteiger partial charge in [-0.1, -0.05) is 0 Å². The van der Waals surface area contributed by atoms with Crippen LogP contribution in [0.3, 0.4) is 0 Å². The highest BCUT2D eigenvalue weighted by Gasteiger charge is 2.30. The SMILES string of the molecule is COc1ccc(S[C@H]2CN[C@H](C(=O)Nc3ccc4sc(C)nc4c3)C2)cc1. The molecule has 2 atom stereocenters. The number of benzene rings is 2. The summed E-state index contributed by atoms with van der Waals surface area (Å²) in [5.74, 6) is 0.868. The molecule has 0 bridgehead atoms. The van der Waals surface area contributed by atoms with Gasteiger partial charge in [0.05, 0.1) is 28.4 Å². The monoisotopic (exact) mass is 399 g/mol. The largest absolute Gasteiger partial charge is 0.497 e. The smallest absolute Gasteiger partial charge is 0.241 e. The number of thiazole rings is 1. The molecule has 27 heavy (non-hydrogen) atoms. The predicted octanol–water partition coefficient (Wildman–Crippen LogP) is 4.07. The molecule has 1 aromatic heterocycles. The Kier molecular flexibility index (Phi) is 5.33. The van der Waals surface area contributed by atoms with Crippen LogP contribution in [0, 0.1) is 6.92 Å². The Hall–Kier alpha value is -2.09. The summed E-state index contributed by atoms with van der Waals surface area (Å²) in [6, 6.07) is 13.8. The summed E-state index contributed by atoms with van der Waals surface area (Å²) in [7, 11) is 1.67. The van der Waals surface area contributed by atoms with Gasteiger partial charge in [-0.05, 0) is 55.8 Å². The molecule has 2 N–H and O–H groups in total. The minimum Gasteiger partial charge on any atom is -0.497 e. The molecular formula is C20H21N3O2S2. The molecule has 4 rings (SSSR count). The molecule has 3 aromatic rings. The highest BCUT2D eigenvalue weighted by molar-refractivity contribution is 8.00. The molecule has 1 saturated heterocycles. The molecule has 140 valence electrons. The number of nitrogens with one attached hydrogen (secondary N) is 2. The van der Waals surface area contributed by atoms with E-state index in [-0.39, 0.29) is 11.9 Å². The minimum absolute atomic E-state index is 0.0131. The molecule has 1 aliphatic heterocycles. The second-order valence-electron chi connectivity index (χ2n) is 6.52. The van der Waals surface area contributed by atoms with Crippen molar-refractivity contribution in [2.45, 2.75) is 29.5 Å². The fraction of sp³-hybridized carbons (Fsp3) is 0.300. The molecule has 0 unspecified atom stereocenters. The van der Waals surface area contributed by atoms with E-state index in [0.717, 1.165) is 39.6 Å². The standard InChI is InChI=1S/C20H21N3O2S2/c1-12-22-17-9-13(3-8-19(17)26-12)23-20(24)18-10-16(11-21-18)27-15-6-4-14(25-2)5-7-15/h3-9,16,18,21H,10-11H2,1-2H3,(H,23,24)/t16-,18+/m1/s1. The van der Waals surface area contributed by atoms with E-state index >= 15 is 0 Å². The first-order chi connectivity index (χ1) is 13.1. The van der Waals surface area contributed by atoms with Crippen LogP contribution in [-0.4, -0.2) is 35.8 Å². The average molecular weight is 400 g/mol. The van der Waals surface area contributed by atoms with Crippen molar-refractivity contribution in [3.63, 3.8) is 0 Å². The molecule has 0 aliphatic carbocycles. The topological polar surface area (TPSA) is 63.2 Å². The van der Waals surface area contributed by atoms with Crippen LogP contribution >= 0.6 is 23.1 Å². The van der Waals surface area contributed by atoms with Gasteiger partial charge in [-0.25, -0.2) is 4.98 Å². The average Bonchev–Trinajstić information content (AvgIpc) is 3.27. The van der Waals surface area contributed by atoms with E-state index in [4.69, 9.17) is 4.74 Å². The Morgan fingerprint density at radius 2 is 2.11 bits per heavy atom. The first-order valence-corrected chi connectivity index (χ1v) is 10.5. The van der Waals surface area contributed by atoms with Crippen molar-refractivity contribution in [1.29, 1.82) is 0 Å². The van der Waals surface area contributed by atoms with Crippen LogP contribution in [0.15, 0.2) is 47.4 Å². The minimum atomic E-state index is -0.173. The van der Waals surface area contributed by atoms with Gasteiger partial charge >= 0.3 is 0 Å². The van der Waals surface area contributed by atoms with E-state index in [1.165, 1.54) is 4.90 Å². The Morgan fingerprint density at radius 1 is 1.30 bits per heavy atom. The molecule has 1 fully saturated rings. The Morgan fingerprint density at radius 3 is 2.89 bits per heavy atom. The number of carbonyl (C=O) groups excluding carboxylic acids is 1. The van der Waals surface area contributed by atoms with Crippen LogP contribution in [0.25, 0.3) is 10.2 Å². The quantitative estimate of drug-likeness (QED) is 0.677. The molecule has 1 amide bonds. The van der Waals surface area contributed by atoms with Crippen LogP contribution in [-0.2, 0) is 4.79 Å². The summed E-state index contributed by atoms with van der Waals surface area (Å²) in [6.45, 7) is 2.81. The number of carbonyl (C=O) groups is 1. The van der Waals surface area contributed by atoms with Crippen molar-refractivity contribution in [3.8, 4) is 5.75 Å². The number of aryl methyl sites for hydroxylation is 1. The van der Waals surface area contributed by atoms with Crippen LogP contribution in [0.1, 0.15) is 11.4 Å². The van der Waals surface area contributed by atoms with Gasteiger partial charge in [-0.3, -0.25) is 4.79 Å². The number of methoxy groups -OCH3 is 1. The number of fused-ring (bicyclic) bond motifs is 1. The third-order valence-corrected chi connectivity index (χ3v) is 6.72. The summed E-state index contributed by atoms with van der Waals surface area (Å²) in [6.07, 6.45) is 0.806. The van der Waals surface area contributed by atoms with Crippen molar-refractivity contribution in [2.75, 3.05) is 19.0 Å². The highest BCUT2D eigenvalue weighted by Crippen LogP contribution is 2.30. The van der Waals surface area contributed by atoms with Gasteiger partial charge in [0.1, 0.15) is 5.75 Å². The number of hydrogen-bond acceptors (Lipinski definition) is 6. The van der Waals surface area contributed by atoms with Gasteiger partial charge in [0.25, 0.3) is 0 Å². The Labute approximate surface area is 166 Å². The molecule has 2 heterocycles. The molecular weight excluding hydrogens is 378 g/mol. The first-order valence-electron chi connectivity index (χ1n) is 8.83. The number of nitrogens with zero attached hydrogens (tertiary/aromatic N) is 1. The van der Waals surface area contributed by atoms with Gasteiger partial charge in [0.15, 0.2) is 0 Å². The summed E-state index contributed by atoms with van der Waals surface area (Å²) in [4.78, 5) is 18.3. The van der Waals surface area contributed by atoms with Gasteiger partial charge < -0.3 is 15.4 Å². The van der Waals surface area contributed by atoms with Crippen molar-refractivity contribution in [1.82, 2.24) is 10.3 Å². The first kappa shape index (κ1) is 18.3. The molecule has 0 spiro atoms. The predicted molar refractivity (Wildman–Crippen MR) is 112 cm³/mol. The molecule has 2 aromatic carbocycles. The number of thioether (sulfide) groups is 1. The van der Waals surface area contributed by atoms with Crippen LogP contribution < -0.4 is 15.4 Å². The highest BCUT2D eigenvalue weighted by atomic mass is 32.2. The maximum absolute atomic E-state index is 12.6. The number of rotatable bonds is 5. The van der Waals surface area contributed by atoms with E-state index in [2.05, 4.69) is 27.8 Å². The lowest BCUT2D eigenvalue weighted by Gasteiger charge is -2.12. The van der Waals surface area contributed by atoms with Crippen molar-refractivity contribution in [3.05, 3.63) is 47.5 Å². The lowest BCUT2D eigenvalue weighted by Crippen LogP contribution is -2.35. The molecule has 0 saturated carbocycles. The number of anilines is 1. The maximum atomic E-state index is 12.6. The molecule has 0 radical (unpaired) electrons. The lowest BCUT2D eigenvalue weighted by molar-refractivity contribution is -0.117. The lowest BCUT2D eigenvalue weighted by atomic mass is 10.2. The Balaban J connectivity index is 1.35. The molecule has 1 aliphatic rings. The van der Waals surface area contributed by atoms with E-state index in [1.54, 1.807) is 30.2 Å². The van der Waals surface area contributed by atoms with Crippen LogP contribution in [0.4, 0.5) is 5.69 Å². The third kappa shape index (κ3) is 4.26. The molecule has 5 nitrogen and oxygen atoms in total. The summed E-state index contributed by atoms with van der Waals surface area (Å²) < 4.78 is 6.33. The van der Waals surface area contributed by atoms with Crippen LogP contribution in [0.2, 0.25) is 0 Å². The van der Waals surface area contributed by atoms with Crippen molar-refractivity contribution < 1.29 is 9.53 Å². The van der Waals surface area contributed by atoms with Gasteiger partial charge in [0, 0.05) is 22.4 Å².